The highest BCUT2D eigenvalue weighted by atomic mass is 32.2. The molecule has 0 saturated heterocycles. The van der Waals surface area contributed by atoms with Crippen molar-refractivity contribution >= 4 is 17.5 Å². The zero-order valence-corrected chi connectivity index (χ0v) is 13.4. The fourth-order valence-corrected chi connectivity index (χ4v) is 3.47. The molecule has 0 unspecified atom stereocenters. The van der Waals surface area contributed by atoms with Gasteiger partial charge in [0.15, 0.2) is 10.9 Å². The molecule has 1 aliphatic rings. The lowest BCUT2D eigenvalue weighted by molar-refractivity contribution is 0.102. The van der Waals surface area contributed by atoms with E-state index in [0.29, 0.717) is 11.8 Å². The van der Waals surface area contributed by atoms with Gasteiger partial charge in [-0.05, 0) is 39.2 Å². The average Bonchev–Trinajstić information content (AvgIpc) is 3.20. The van der Waals surface area contributed by atoms with Crippen LogP contribution in [0.4, 0.5) is 0 Å². The molecular formula is C16H19N3OS. The predicted octanol–water partition coefficient (Wildman–Crippen LogP) is 3.51. The van der Waals surface area contributed by atoms with Crippen LogP contribution in [0, 0.1) is 20.8 Å². The van der Waals surface area contributed by atoms with E-state index in [-0.39, 0.29) is 5.78 Å². The van der Waals surface area contributed by atoms with E-state index >= 15 is 0 Å². The standard InChI is InChI=1S/C16H19N3OS/c1-10-4-7-14(11(2)8-10)15(20)9-21-16-18-17-12(3)19(16)13-5-6-13/h4,7-8,13H,5-6,9H2,1-3H3. The molecule has 0 atom stereocenters. The van der Waals surface area contributed by atoms with Crippen molar-refractivity contribution in [1.29, 1.82) is 0 Å². The Morgan fingerprint density at radius 1 is 1.29 bits per heavy atom. The molecule has 1 aliphatic carbocycles. The summed E-state index contributed by atoms with van der Waals surface area (Å²) in [5, 5.41) is 9.21. The lowest BCUT2D eigenvalue weighted by Gasteiger charge is -2.07. The number of hydrogen-bond acceptors (Lipinski definition) is 4. The molecule has 1 saturated carbocycles. The van der Waals surface area contributed by atoms with Crippen molar-refractivity contribution in [3.05, 3.63) is 40.7 Å². The Bertz CT molecular complexity index is 689. The summed E-state index contributed by atoms with van der Waals surface area (Å²) in [4.78, 5) is 12.4. The molecule has 0 spiro atoms. The van der Waals surface area contributed by atoms with Crippen LogP contribution in [-0.2, 0) is 0 Å². The first kappa shape index (κ1) is 14.3. The lowest BCUT2D eigenvalue weighted by Crippen LogP contribution is -2.07. The Labute approximate surface area is 129 Å². The van der Waals surface area contributed by atoms with E-state index in [4.69, 9.17) is 0 Å². The van der Waals surface area contributed by atoms with Crippen LogP contribution in [0.1, 0.15) is 46.2 Å². The summed E-state index contributed by atoms with van der Waals surface area (Å²) in [6.45, 7) is 6.00. The van der Waals surface area contributed by atoms with Gasteiger partial charge in [0.2, 0.25) is 0 Å². The molecule has 1 aromatic carbocycles. The maximum absolute atomic E-state index is 12.4. The summed E-state index contributed by atoms with van der Waals surface area (Å²) in [5.74, 6) is 1.51. The maximum atomic E-state index is 12.4. The van der Waals surface area contributed by atoms with Crippen molar-refractivity contribution in [1.82, 2.24) is 14.8 Å². The molecule has 1 fully saturated rings. The summed E-state index contributed by atoms with van der Waals surface area (Å²) in [7, 11) is 0. The number of ketones is 1. The predicted molar refractivity (Wildman–Crippen MR) is 84.0 cm³/mol. The van der Waals surface area contributed by atoms with E-state index in [1.165, 1.54) is 30.2 Å². The second kappa shape index (κ2) is 5.64. The van der Waals surface area contributed by atoms with Gasteiger partial charge in [-0.15, -0.1) is 10.2 Å². The van der Waals surface area contributed by atoms with Crippen LogP contribution in [-0.4, -0.2) is 26.3 Å². The Hall–Kier alpha value is -1.62. The van der Waals surface area contributed by atoms with E-state index in [0.717, 1.165) is 22.1 Å². The minimum Gasteiger partial charge on any atom is -0.303 e. The quantitative estimate of drug-likeness (QED) is 0.626. The topological polar surface area (TPSA) is 47.8 Å². The maximum Gasteiger partial charge on any atom is 0.191 e. The number of hydrogen-bond donors (Lipinski definition) is 0. The number of aryl methyl sites for hydroxylation is 3. The van der Waals surface area contributed by atoms with Crippen molar-refractivity contribution in [2.75, 3.05) is 5.75 Å². The molecule has 0 N–H and O–H groups in total. The molecule has 110 valence electrons. The van der Waals surface area contributed by atoms with Gasteiger partial charge < -0.3 is 4.57 Å². The molecule has 0 radical (unpaired) electrons. The summed E-state index contributed by atoms with van der Waals surface area (Å²) in [5.41, 5.74) is 3.03. The Kier molecular flexibility index (Phi) is 3.85. The van der Waals surface area contributed by atoms with Crippen LogP contribution >= 0.6 is 11.8 Å². The normalized spacial score (nSPS) is 14.4. The molecule has 1 heterocycles. The molecule has 5 heteroatoms. The number of aromatic nitrogens is 3. The monoisotopic (exact) mass is 301 g/mol. The molecule has 3 rings (SSSR count). The number of carbonyl (C=O) groups excluding carboxylic acids is 1. The molecule has 2 aromatic rings. The Morgan fingerprint density at radius 3 is 2.71 bits per heavy atom. The Balaban J connectivity index is 1.71. The third kappa shape index (κ3) is 3.02. The zero-order chi connectivity index (χ0) is 15.0. The van der Waals surface area contributed by atoms with Crippen molar-refractivity contribution in [2.45, 2.75) is 44.8 Å². The van der Waals surface area contributed by atoms with Crippen molar-refractivity contribution in [3.8, 4) is 0 Å². The highest BCUT2D eigenvalue weighted by Crippen LogP contribution is 2.38. The first-order valence-electron chi connectivity index (χ1n) is 7.21. The average molecular weight is 301 g/mol. The highest BCUT2D eigenvalue weighted by molar-refractivity contribution is 7.99. The third-order valence-corrected chi connectivity index (χ3v) is 4.70. The van der Waals surface area contributed by atoms with Gasteiger partial charge in [0, 0.05) is 11.6 Å². The molecule has 4 nitrogen and oxygen atoms in total. The molecule has 21 heavy (non-hydrogen) atoms. The summed E-state index contributed by atoms with van der Waals surface area (Å²) >= 11 is 1.49. The van der Waals surface area contributed by atoms with Gasteiger partial charge >= 0.3 is 0 Å². The van der Waals surface area contributed by atoms with Gasteiger partial charge in [0.25, 0.3) is 0 Å². The van der Waals surface area contributed by atoms with Crippen LogP contribution < -0.4 is 0 Å². The van der Waals surface area contributed by atoms with Crippen LogP contribution in [0.2, 0.25) is 0 Å². The lowest BCUT2D eigenvalue weighted by atomic mass is 10.0. The van der Waals surface area contributed by atoms with Crippen LogP contribution in [0.5, 0.6) is 0 Å². The Morgan fingerprint density at radius 2 is 2.05 bits per heavy atom. The van der Waals surface area contributed by atoms with Gasteiger partial charge in [0.05, 0.1) is 5.75 Å². The molecule has 0 aliphatic heterocycles. The largest absolute Gasteiger partial charge is 0.303 e. The van der Waals surface area contributed by atoms with E-state index in [2.05, 4.69) is 20.8 Å². The number of benzene rings is 1. The minimum atomic E-state index is 0.153. The number of carbonyl (C=O) groups is 1. The second-order valence-corrected chi connectivity index (χ2v) is 6.60. The molecule has 0 bridgehead atoms. The van der Waals surface area contributed by atoms with Crippen LogP contribution in [0.25, 0.3) is 0 Å². The van der Waals surface area contributed by atoms with E-state index < -0.39 is 0 Å². The molecule has 0 amide bonds. The van der Waals surface area contributed by atoms with Crippen molar-refractivity contribution in [3.63, 3.8) is 0 Å². The second-order valence-electron chi connectivity index (χ2n) is 5.66. The summed E-state index contributed by atoms with van der Waals surface area (Å²) < 4.78 is 2.17. The van der Waals surface area contributed by atoms with Gasteiger partial charge in [-0.2, -0.15) is 0 Å². The third-order valence-electron chi connectivity index (χ3n) is 3.76. The SMILES string of the molecule is Cc1ccc(C(=O)CSc2nnc(C)n2C2CC2)c(C)c1. The van der Waals surface area contributed by atoms with Gasteiger partial charge in [-0.25, -0.2) is 0 Å². The van der Waals surface area contributed by atoms with Crippen molar-refractivity contribution < 1.29 is 4.79 Å². The smallest absolute Gasteiger partial charge is 0.191 e. The van der Waals surface area contributed by atoms with E-state index in [1.54, 1.807) is 0 Å². The van der Waals surface area contributed by atoms with Crippen molar-refractivity contribution in [2.24, 2.45) is 0 Å². The number of rotatable bonds is 5. The first-order chi connectivity index (χ1) is 10.1. The summed E-state index contributed by atoms with van der Waals surface area (Å²) in [6.07, 6.45) is 2.38. The van der Waals surface area contributed by atoms with Gasteiger partial charge in [-0.3, -0.25) is 4.79 Å². The molecule has 1 aromatic heterocycles. The van der Waals surface area contributed by atoms with Crippen LogP contribution in [0.15, 0.2) is 23.4 Å². The molecular weight excluding hydrogens is 282 g/mol. The van der Waals surface area contributed by atoms with E-state index in [1.807, 2.05) is 32.9 Å². The van der Waals surface area contributed by atoms with Gasteiger partial charge in [0.1, 0.15) is 5.82 Å². The fraction of sp³-hybridized carbons (Fsp3) is 0.438. The van der Waals surface area contributed by atoms with E-state index in [9.17, 15) is 4.79 Å². The van der Waals surface area contributed by atoms with Gasteiger partial charge in [-0.1, -0.05) is 35.5 Å². The fourth-order valence-electron chi connectivity index (χ4n) is 2.54. The number of Topliss-reactive ketones (excluding diaryl/α,β-unsaturated/α-hetero) is 1. The number of nitrogens with zero attached hydrogens (tertiary/aromatic N) is 3. The minimum absolute atomic E-state index is 0.153. The zero-order valence-electron chi connectivity index (χ0n) is 12.6. The first-order valence-corrected chi connectivity index (χ1v) is 8.19. The number of thioether (sulfide) groups is 1. The summed E-state index contributed by atoms with van der Waals surface area (Å²) in [6, 6.07) is 6.50. The highest BCUT2D eigenvalue weighted by Gasteiger charge is 2.28. The van der Waals surface area contributed by atoms with Crippen LogP contribution in [0.3, 0.4) is 0 Å².